The molecule has 0 amide bonds. The molecule has 16 heavy (non-hydrogen) atoms. The van der Waals surface area contributed by atoms with Crippen molar-refractivity contribution in [3.8, 4) is 0 Å². The first kappa shape index (κ1) is 11.6. The van der Waals surface area contributed by atoms with Crippen molar-refractivity contribution in [1.82, 2.24) is 5.32 Å². The fourth-order valence-corrected chi connectivity index (χ4v) is 2.52. The maximum absolute atomic E-state index is 5.28. The van der Waals surface area contributed by atoms with Gasteiger partial charge in [-0.1, -0.05) is 37.3 Å². The predicted molar refractivity (Wildman–Crippen MR) is 66.6 cm³/mol. The van der Waals surface area contributed by atoms with Crippen molar-refractivity contribution in [3.63, 3.8) is 0 Å². The molecule has 0 saturated heterocycles. The molecule has 2 rings (SSSR count). The van der Waals surface area contributed by atoms with Crippen LogP contribution < -0.4 is 5.32 Å². The second kappa shape index (κ2) is 5.46. The molecular formula is C14H21NO. The van der Waals surface area contributed by atoms with Crippen LogP contribution in [0.15, 0.2) is 30.3 Å². The molecule has 1 N–H and O–H groups in total. The Hall–Kier alpha value is -0.860. The summed E-state index contributed by atoms with van der Waals surface area (Å²) < 4.78 is 5.28. The molecule has 0 spiro atoms. The second-order valence-electron chi connectivity index (χ2n) is 4.54. The van der Waals surface area contributed by atoms with Gasteiger partial charge in [0.25, 0.3) is 0 Å². The van der Waals surface area contributed by atoms with E-state index in [4.69, 9.17) is 4.74 Å². The van der Waals surface area contributed by atoms with Crippen molar-refractivity contribution in [2.24, 2.45) is 5.92 Å². The van der Waals surface area contributed by atoms with Crippen LogP contribution in [0.3, 0.4) is 0 Å². The van der Waals surface area contributed by atoms with Gasteiger partial charge in [-0.05, 0) is 30.4 Å². The molecule has 1 aromatic rings. The standard InChI is InChI=1S/C14H21NO/c1-3-15-14(10-16-2)13-9-12(13)11-7-5-4-6-8-11/h4-8,12-15H,3,9-10H2,1-2H3. The first-order valence-corrected chi connectivity index (χ1v) is 6.14. The van der Waals surface area contributed by atoms with Crippen LogP contribution in [0.25, 0.3) is 0 Å². The van der Waals surface area contributed by atoms with Crippen molar-refractivity contribution in [2.75, 3.05) is 20.3 Å². The van der Waals surface area contributed by atoms with Crippen LogP contribution in [0.4, 0.5) is 0 Å². The molecule has 2 nitrogen and oxygen atoms in total. The summed E-state index contributed by atoms with van der Waals surface area (Å²) in [6.07, 6.45) is 1.30. The maximum Gasteiger partial charge on any atom is 0.0618 e. The van der Waals surface area contributed by atoms with Gasteiger partial charge in [-0.15, -0.1) is 0 Å². The highest BCUT2D eigenvalue weighted by Gasteiger charge is 2.43. The molecule has 1 aromatic carbocycles. The quantitative estimate of drug-likeness (QED) is 0.793. The zero-order chi connectivity index (χ0) is 11.4. The zero-order valence-electron chi connectivity index (χ0n) is 10.1. The number of hydrogen-bond donors (Lipinski definition) is 1. The van der Waals surface area contributed by atoms with Crippen molar-refractivity contribution in [1.29, 1.82) is 0 Å². The van der Waals surface area contributed by atoms with Gasteiger partial charge in [0.05, 0.1) is 6.61 Å². The number of hydrogen-bond acceptors (Lipinski definition) is 2. The molecule has 3 atom stereocenters. The number of likely N-dealkylation sites (N-methyl/N-ethyl adjacent to an activating group) is 1. The SMILES string of the molecule is CCNC(COC)C1CC1c1ccccc1. The normalized spacial score (nSPS) is 25.4. The van der Waals surface area contributed by atoms with Crippen molar-refractivity contribution in [3.05, 3.63) is 35.9 Å². The first-order chi connectivity index (χ1) is 7.86. The van der Waals surface area contributed by atoms with E-state index in [9.17, 15) is 0 Å². The molecule has 1 aliphatic rings. The number of rotatable bonds is 6. The lowest BCUT2D eigenvalue weighted by molar-refractivity contribution is 0.157. The average molecular weight is 219 g/mol. The minimum Gasteiger partial charge on any atom is -0.383 e. The van der Waals surface area contributed by atoms with Crippen LogP contribution in [0, 0.1) is 5.92 Å². The second-order valence-corrected chi connectivity index (χ2v) is 4.54. The largest absolute Gasteiger partial charge is 0.383 e. The summed E-state index contributed by atoms with van der Waals surface area (Å²) in [6.45, 7) is 4.00. The lowest BCUT2D eigenvalue weighted by atomic mass is 10.1. The number of methoxy groups -OCH3 is 1. The summed E-state index contributed by atoms with van der Waals surface area (Å²) in [5, 5.41) is 3.52. The fourth-order valence-electron chi connectivity index (χ4n) is 2.52. The van der Waals surface area contributed by atoms with Gasteiger partial charge < -0.3 is 10.1 Å². The van der Waals surface area contributed by atoms with Gasteiger partial charge in [0, 0.05) is 13.2 Å². The van der Waals surface area contributed by atoms with E-state index < -0.39 is 0 Å². The number of ether oxygens (including phenoxy) is 1. The molecule has 0 heterocycles. The van der Waals surface area contributed by atoms with Crippen molar-refractivity contribution < 1.29 is 4.74 Å². The highest BCUT2D eigenvalue weighted by atomic mass is 16.5. The Morgan fingerprint density at radius 3 is 2.75 bits per heavy atom. The minimum absolute atomic E-state index is 0.514. The Bertz CT molecular complexity index is 306. The first-order valence-electron chi connectivity index (χ1n) is 6.14. The highest BCUT2D eigenvalue weighted by Crippen LogP contribution is 2.49. The Balaban J connectivity index is 1.93. The zero-order valence-corrected chi connectivity index (χ0v) is 10.1. The van der Waals surface area contributed by atoms with Crippen LogP contribution in [0.1, 0.15) is 24.8 Å². The summed E-state index contributed by atoms with van der Waals surface area (Å²) in [5.41, 5.74) is 1.48. The Morgan fingerprint density at radius 2 is 2.12 bits per heavy atom. The molecule has 2 heteroatoms. The topological polar surface area (TPSA) is 21.3 Å². The molecule has 0 bridgehead atoms. The van der Waals surface area contributed by atoms with E-state index in [1.807, 2.05) is 0 Å². The van der Waals surface area contributed by atoms with Crippen LogP contribution in [0.2, 0.25) is 0 Å². The molecule has 0 radical (unpaired) electrons. The summed E-state index contributed by atoms with van der Waals surface area (Å²) in [4.78, 5) is 0. The Kier molecular flexibility index (Phi) is 3.97. The van der Waals surface area contributed by atoms with Crippen molar-refractivity contribution in [2.45, 2.75) is 25.3 Å². The number of nitrogens with one attached hydrogen (secondary N) is 1. The van der Waals surface area contributed by atoms with Gasteiger partial charge in [-0.25, -0.2) is 0 Å². The van der Waals surface area contributed by atoms with E-state index in [-0.39, 0.29) is 0 Å². The van der Waals surface area contributed by atoms with Gasteiger partial charge in [0.15, 0.2) is 0 Å². The van der Waals surface area contributed by atoms with Crippen molar-refractivity contribution >= 4 is 0 Å². The average Bonchev–Trinajstić information content (AvgIpc) is 3.10. The molecular weight excluding hydrogens is 198 g/mol. The molecule has 88 valence electrons. The third-order valence-electron chi connectivity index (χ3n) is 3.40. The predicted octanol–water partition coefficient (Wildman–Crippen LogP) is 2.41. The van der Waals surface area contributed by atoms with E-state index in [0.717, 1.165) is 25.0 Å². The summed E-state index contributed by atoms with van der Waals surface area (Å²) in [6, 6.07) is 11.3. The van der Waals surface area contributed by atoms with Gasteiger partial charge in [-0.3, -0.25) is 0 Å². The van der Waals surface area contributed by atoms with Crippen LogP contribution in [-0.2, 0) is 4.74 Å². The third-order valence-corrected chi connectivity index (χ3v) is 3.40. The molecule has 0 aromatic heterocycles. The highest BCUT2D eigenvalue weighted by molar-refractivity contribution is 5.26. The van der Waals surface area contributed by atoms with Crippen LogP contribution >= 0.6 is 0 Å². The monoisotopic (exact) mass is 219 g/mol. The Labute approximate surface area is 98.0 Å². The molecule has 1 fully saturated rings. The molecule has 1 aliphatic carbocycles. The fraction of sp³-hybridized carbons (Fsp3) is 0.571. The lowest BCUT2D eigenvalue weighted by Gasteiger charge is -2.16. The van der Waals surface area contributed by atoms with E-state index >= 15 is 0 Å². The van der Waals surface area contributed by atoms with E-state index in [1.165, 1.54) is 12.0 Å². The molecule has 3 unspecified atom stereocenters. The summed E-state index contributed by atoms with van der Waals surface area (Å²) >= 11 is 0. The molecule has 0 aliphatic heterocycles. The summed E-state index contributed by atoms with van der Waals surface area (Å²) in [5.74, 6) is 1.49. The molecule has 1 saturated carbocycles. The lowest BCUT2D eigenvalue weighted by Crippen LogP contribution is -2.35. The van der Waals surface area contributed by atoms with E-state index in [1.54, 1.807) is 7.11 Å². The third kappa shape index (κ3) is 2.63. The van der Waals surface area contributed by atoms with E-state index in [2.05, 4.69) is 42.6 Å². The van der Waals surface area contributed by atoms with Gasteiger partial charge in [-0.2, -0.15) is 0 Å². The number of benzene rings is 1. The maximum atomic E-state index is 5.28. The van der Waals surface area contributed by atoms with Crippen LogP contribution in [0.5, 0.6) is 0 Å². The van der Waals surface area contributed by atoms with Crippen LogP contribution in [-0.4, -0.2) is 26.3 Å². The van der Waals surface area contributed by atoms with Gasteiger partial charge in [0.2, 0.25) is 0 Å². The summed E-state index contributed by atoms with van der Waals surface area (Å²) in [7, 11) is 1.78. The van der Waals surface area contributed by atoms with E-state index in [0.29, 0.717) is 6.04 Å². The van der Waals surface area contributed by atoms with Gasteiger partial charge in [0.1, 0.15) is 0 Å². The Morgan fingerprint density at radius 1 is 1.38 bits per heavy atom. The minimum atomic E-state index is 0.514. The smallest absolute Gasteiger partial charge is 0.0618 e. The van der Waals surface area contributed by atoms with Gasteiger partial charge >= 0.3 is 0 Å².